The van der Waals surface area contributed by atoms with Crippen LogP contribution in [0.2, 0.25) is 4.34 Å². The highest BCUT2D eigenvalue weighted by Crippen LogP contribution is 2.33. The van der Waals surface area contributed by atoms with Crippen molar-refractivity contribution in [2.24, 2.45) is 0 Å². The lowest BCUT2D eigenvalue weighted by molar-refractivity contribution is 1.15. The number of hydrogen-bond acceptors (Lipinski definition) is 2. The standard InChI is InChI=1S/C7H9ClS2/c1-5(9-2)6-3-4-7(8)10-6/h3-5H,1-2H3. The molecule has 1 aromatic rings. The zero-order valence-corrected chi connectivity index (χ0v) is 8.32. The largest absolute Gasteiger partial charge is 0.157 e. The van der Waals surface area contributed by atoms with Gasteiger partial charge in [0, 0.05) is 10.1 Å². The van der Waals surface area contributed by atoms with Crippen molar-refractivity contribution in [3.63, 3.8) is 0 Å². The van der Waals surface area contributed by atoms with Crippen LogP contribution in [-0.2, 0) is 0 Å². The second-order valence-corrected chi connectivity index (χ2v) is 4.94. The average Bonchev–Trinajstić information content (AvgIpc) is 2.34. The first kappa shape index (κ1) is 8.44. The molecule has 0 amide bonds. The van der Waals surface area contributed by atoms with Gasteiger partial charge in [0.25, 0.3) is 0 Å². The maximum Gasteiger partial charge on any atom is 0.0931 e. The van der Waals surface area contributed by atoms with E-state index < -0.39 is 0 Å². The molecular weight excluding hydrogens is 184 g/mol. The molecule has 0 bridgehead atoms. The Labute approximate surface area is 74.6 Å². The molecule has 1 atom stereocenters. The molecule has 0 N–H and O–H groups in total. The molecule has 0 aliphatic heterocycles. The number of thiophene rings is 1. The van der Waals surface area contributed by atoms with Gasteiger partial charge in [-0.05, 0) is 25.3 Å². The minimum atomic E-state index is 0.581. The zero-order chi connectivity index (χ0) is 7.56. The monoisotopic (exact) mass is 192 g/mol. The van der Waals surface area contributed by atoms with E-state index in [0.29, 0.717) is 5.25 Å². The van der Waals surface area contributed by atoms with Gasteiger partial charge < -0.3 is 0 Å². The van der Waals surface area contributed by atoms with Crippen molar-refractivity contribution in [1.82, 2.24) is 0 Å². The van der Waals surface area contributed by atoms with E-state index in [4.69, 9.17) is 11.6 Å². The molecule has 10 heavy (non-hydrogen) atoms. The van der Waals surface area contributed by atoms with Gasteiger partial charge in [-0.25, -0.2) is 0 Å². The zero-order valence-electron chi connectivity index (χ0n) is 5.93. The lowest BCUT2D eigenvalue weighted by Gasteiger charge is -2.02. The molecule has 0 spiro atoms. The third-order valence-corrected chi connectivity index (χ3v) is 3.87. The molecule has 3 heteroatoms. The molecule has 0 fully saturated rings. The Morgan fingerprint density at radius 3 is 2.70 bits per heavy atom. The topological polar surface area (TPSA) is 0 Å². The molecule has 56 valence electrons. The van der Waals surface area contributed by atoms with Crippen LogP contribution in [0.25, 0.3) is 0 Å². The van der Waals surface area contributed by atoms with Gasteiger partial charge in [0.15, 0.2) is 0 Å². The second-order valence-electron chi connectivity index (χ2n) is 2.02. The van der Waals surface area contributed by atoms with Crippen LogP contribution in [-0.4, -0.2) is 6.26 Å². The van der Waals surface area contributed by atoms with Crippen molar-refractivity contribution in [2.45, 2.75) is 12.2 Å². The van der Waals surface area contributed by atoms with E-state index in [2.05, 4.69) is 19.2 Å². The van der Waals surface area contributed by atoms with Crippen molar-refractivity contribution >= 4 is 34.7 Å². The summed E-state index contributed by atoms with van der Waals surface area (Å²) in [7, 11) is 0. The molecule has 0 aliphatic rings. The molecule has 0 aromatic carbocycles. The van der Waals surface area contributed by atoms with Crippen LogP contribution in [0.1, 0.15) is 17.1 Å². The fourth-order valence-corrected chi connectivity index (χ4v) is 2.40. The highest BCUT2D eigenvalue weighted by atomic mass is 35.5. The maximum atomic E-state index is 5.77. The van der Waals surface area contributed by atoms with Gasteiger partial charge in [0.05, 0.1) is 4.34 Å². The van der Waals surface area contributed by atoms with Gasteiger partial charge in [0.1, 0.15) is 0 Å². The third kappa shape index (κ3) is 1.91. The van der Waals surface area contributed by atoms with Gasteiger partial charge in [-0.3, -0.25) is 0 Å². The minimum Gasteiger partial charge on any atom is -0.157 e. The Hall–Kier alpha value is 0.340. The van der Waals surface area contributed by atoms with Crippen molar-refractivity contribution in [3.05, 3.63) is 21.3 Å². The quantitative estimate of drug-likeness (QED) is 0.687. The van der Waals surface area contributed by atoms with Crippen LogP contribution in [0, 0.1) is 0 Å². The lowest BCUT2D eigenvalue weighted by atomic mass is 10.4. The maximum absolute atomic E-state index is 5.77. The summed E-state index contributed by atoms with van der Waals surface area (Å²) in [5.41, 5.74) is 0. The van der Waals surface area contributed by atoms with Crippen LogP contribution in [0.15, 0.2) is 12.1 Å². The molecule has 1 rings (SSSR count). The number of hydrogen-bond donors (Lipinski definition) is 0. The van der Waals surface area contributed by atoms with E-state index in [-0.39, 0.29) is 0 Å². The Kier molecular flexibility index (Phi) is 3.08. The first-order valence-electron chi connectivity index (χ1n) is 3.02. The van der Waals surface area contributed by atoms with Gasteiger partial charge in [-0.15, -0.1) is 11.3 Å². The van der Waals surface area contributed by atoms with Gasteiger partial charge >= 0.3 is 0 Å². The van der Waals surface area contributed by atoms with E-state index >= 15 is 0 Å². The van der Waals surface area contributed by atoms with Crippen molar-refractivity contribution in [1.29, 1.82) is 0 Å². The predicted octanol–water partition coefficient (Wildman–Crippen LogP) is 3.83. The predicted molar refractivity (Wildman–Crippen MR) is 51.3 cm³/mol. The van der Waals surface area contributed by atoms with E-state index in [1.807, 2.05) is 17.8 Å². The van der Waals surface area contributed by atoms with Crippen molar-refractivity contribution in [2.75, 3.05) is 6.26 Å². The molecule has 1 heterocycles. The van der Waals surface area contributed by atoms with E-state index in [0.717, 1.165) is 4.34 Å². The second kappa shape index (κ2) is 3.65. The Bertz CT molecular complexity index is 207. The molecule has 0 radical (unpaired) electrons. The van der Waals surface area contributed by atoms with Crippen LogP contribution in [0.4, 0.5) is 0 Å². The summed E-state index contributed by atoms with van der Waals surface area (Å²) in [4.78, 5) is 1.36. The van der Waals surface area contributed by atoms with Gasteiger partial charge in [-0.1, -0.05) is 11.6 Å². The van der Waals surface area contributed by atoms with Crippen LogP contribution >= 0.6 is 34.7 Å². The number of rotatable bonds is 2. The van der Waals surface area contributed by atoms with Crippen LogP contribution in [0.5, 0.6) is 0 Å². The molecule has 0 nitrogen and oxygen atoms in total. The lowest BCUT2D eigenvalue weighted by Crippen LogP contribution is -1.78. The third-order valence-electron chi connectivity index (χ3n) is 1.35. The van der Waals surface area contributed by atoms with Gasteiger partial charge in [-0.2, -0.15) is 11.8 Å². The summed E-state index contributed by atoms with van der Waals surface area (Å²) in [6.07, 6.45) is 2.11. The van der Waals surface area contributed by atoms with Gasteiger partial charge in [0.2, 0.25) is 0 Å². The fraction of sp³-hybridized carbons (Fsp3) is 0.429. The van der Waals surface area contributed by atoms with Crippen molar-refractivity contribution < 1.29 is 0 Å². The van der Waals surface area contributed by atoms with E-state index in [1.54, 1.807) is 11.3 Å². The Balaban J connectivity index is 2.74. The summed E-state index contributed by atoms with van der Waals surface area (Å²) < 4.78 is 0.885. The van der Waals surface area contributed by atoms with Crippen LogP contribution in [0.3, 0.4) is 0 Å². The van der Waals surface area contributed by atoms with Crippen molar-refractivity contribution in [3.8, 4) is 0 Å². The first-order valence-corrected chi connectivity index (χ1v) is 5.50. The molecule has 0 saturated heterocycles. The molecule has 1 aromatic heterocycles. The van der Waals surface area contributed by atoms with E-state index in [9.17, 15) is 0 Å². The SMILES string of the molecule is CSC(C)c1ccc(Cl)s1. The molecule has 0 aliphatic carbocycles. The highest BCUT2D eigenvalue weighted by molar-refractivity contribution is 7.98. The summed E-state index contributed by atoms with van der Waals surface area (Å²) >= 11 is 9.28. The summed E-state index contributed by atoms with van der Waals surface area (Å²) in [6, 6.07) is 4.04. The average molecular weight is 193 g/mol. The summed E-state index contributed by atoms with van der Waals surface area (Å²) in [5, 5.41) is 0.581. The Morgan fingerprint density at radius 1 is 1.60 bits per heavy atom. The van der Waals surface area contributed by atoms with Crippen LogP contribution < -0.4 is 0 Å². The fourth-order valence-electron chi connectivity index (χ4n) is 0.663. The normalized spacial score (nSPS) is 13.5. The first-order chi connectivity index (χ1) is 4.74. The molecule has 1 unspecified atom stereocenters. The highest BCUT2D eigenvalue weighted by Gasteiger charge is 2.04. The number of halogens is 1. The number of thioether (sulfide) groups is 1. The molecule has 0 saturated carbocycles. The summed E-state index contributed by atoms with van der Waals surface area (Å²) in [6.45, 7) is 2.19. The summed E-state index contributed by atoms with van der Waals surface area (Å²) in [5.74, 6) is 0. The Morgan fingerprint density at radius 2 is 2.30 bits per heavy atom. The minimum absolute atomic E-state index is 0.581. The van der Waals surface area contributed by atoms with E-state index in [1.165, 1.54) is 4.88 Å². The molecular formula is C7H9ClS2. The smallest absolute Gasteiger partial charge is 0.0931 e.